The fourth-order valence-electron chi connectivity index (χ4n) is 1.98. The molecule has 0 bridgehead atoms. The minimum atomic E-state index is -4.41. The summed E-state index contributed by atoms with van der Waals surface area (Å²) < 4.78 is 51.4. The summed E-state index contributed by atoms with van der Waals surface area (Å²) in [6.07, 6.45) is -3.03. The number of halogens is 4. The van der Waals surface area contributed by atoms with E-state index in [-0.39, 0.29) is 5.69 Å². The molecule has 1 heterocycles. The zero-order valence-electron chi connectivity index (χ0n) is 10.6. The second-order valence-electron chi connectivity index (χ2n) is 4.42. The van der Waals surface area contributed by atoms with Crippen LogP contribution < -0.4 is 5.73 Å². The van der Waals surface area contributed by atoms with Gasteiger partial charge in [0.15, 0.2) is 0 Å². The lowest BCUT2D eigenvalue weighted by Crippen LogP contribution is -2.17. The Balaban J connectivity index is 2.42. The molecule has 1 aromatic carbocycles. The highest BCUT2D eigenvalue weighted by atomic mass is 19.4. The molecule has 0 spiro atoms. The van der Waals surface area contributed by atoms with Crippen LogP contribution in [0.4, 0.5) is 17.6 Å². The van der Waals surface area contributed by atoms with Crippen molar-refractivity contribution in [2.24, 2.45) is 5.73 Å². The van der Waals surface area contributed by atoms with E-state index in [2.05, 4.69) is 4.98 Å². The van der Waals surface area contributed by atoms with Gasteiger partial charge in [-0.15, -0.1) is 0 Å². The molecule has 6 heteroatoms. The number of nitrogens with zero attached hydrogens (tertiary/aromatic N) is 1. The smallest absolute Gasteiger partial charge is 0.319 e. The van der Waals surface area contributed by atoms with Gasteiger partial charge in [-0.1, -0.05) is 6.07 Å². The SMILES string of the molecule is Cc1cc(C(F)(F)F)ccc1C(N)c1ncccc1F. The van der Waals surface area contributed by atoms with Gasteiger partial charge in [0.2, 0.25) is 0 Å². The van der Waals surface area contributed by atoms with E-state index in [1.807, 2.05) is 0 Å². The van der Waals surface area contributed by atoms with Gasteiger partial charge in [0, 0.05) is 6.20 Å². The molecule has 0 fully saturated rings. The van der Waals surface area contributed by atoms with Gasteiger partial charge in [0.25, 0.3) is 0 Å². The van der Waals surface area contributed by atoms with E-state index in [4.69, 9.17) is 5.73 Å². The number of nitrogens with two attached hydrogens (primary N) is 1. The highest BCUT2D eigenvalue weighted by molar-refractivity contribution is 5.38. The van der Waals surface area contributed by atoms with Gasteiger partial charge in [-0.3, -0.25) is 4.98 Å². The van der Waals surface area contributed by atoms with Gasteiger partial charge in [0.05, 0.1) is 17.3 Å². The van der Waals surface area contributed by atoms with Gasteiger partial charge in [0.1, 0.15) is 5.82 Å². The van der Waals surface area contributed by atoms with E-state index in [0.29, 0.717) is 11.1 Å². The predicted octanol–water partition coefficient (Wildman–Crippen LogP) is 3.60. The fraction of sp³-hybridized carbons (Fsp3) is 0.214. The van der Waals surface area contributed by atoms with Crippen molar-refractivity contribution in [1.29, 1.82) is 0 Å². The van der Waals surface area contributed by atoms with E-state index in [1.54, 1.807) is 0 Å². The molecule has 0 aliphatic heterocycles. The first-order chi connectivity index (χ1) is 9.30. The molecule has 1 unspecified atom stereocenters. The van der Waals surface area contributed by atoms with Crippen molar-refractivity contribution in [2.75, 3.05) is 0 Å². The van der Waals surface area contributed by atoms with Gasteiger partial charge in [-0.05, 0) is 42.3 Å². The quantitative estimate of drug-likeness (QED) is 0.856. The van der Waals surface area contributed by atoms with Crippen molar-refractivity contribution in [2.45, 2.75) is 19.1 Å². The first kappa shape index (κ1) is 14.5. The van der Waals surface area contributed by atoms with Crippen LogP contribution in [0.2, 0.25) is 0 Å². The molecule has 0 amide bonds. The summed E-state index contributed by atoms with van der Waals surface area (Å²) in [5.41, 5.74) is 5.90. The lowest BCUT2D eigenvalue weighted by Gasteiger charge is -2.16. The second-order valence-corrected chi connectivity index (χ2v) is 4.42. The molecule has 0 saturated carbocycles. The first-order valence-electron chi connectivity index (χ1n) is 5.84. The third kappa shape index (κ3) is 2.80. The van der Waals surface area contributed by atoms with Gasteiger partial charge < -0.3 is 5.73 Å². The van der Waals surface area contributed by atoms with Crippen LogP contribution in [-0.2, 0) is 6.18 Å². The van der Waals surface area contributed by atoms with Crippen LogP contribution >= 0.6 is 0 Å². The normalized spacial score (nSPS) is 13.3. The Hall–Kier alpha value is -1.95. The van der Waals surface area contributed by atoms with Crippen LogP contribution in [-0.4, -0.2) is 4.98 Å². The maximum atomic E-state index is 13.6. The molecule has 0 saturated heterocycles. The average Bonchev–Trinajstić information content (AvgIpc) is 2.37. The van der Waals surface area contributed by atoms with Crippen molar-refractivity contribution in [3.63, 3.8) is 0 Å². The van der Waals surface area contributed by atoms with E-state index in [1.165, 1.54) is 31.3 Å². The number of rotatable bonds is 2. The minimum absolute atomic E-state index is 0.00959. The molecular formula is C14H12F4N2. The Labute approximate surface area is 113 Å². The number of alkyl halides is 3. The number of hydrogen-bond acceptors (Lipinski definition) is 2. The Morgan fingerprint density at radius 3 is 2.45 bits per heavy atom. The summed E-state index contributed by atoms with van der Waals surface area (Å²) in [6, 6.07) is 4.92. The predicted molar refractivity (Wildman–Crippen MR) is 66.4 cm³/mol. The van der Waals surface area contributed by atoms with E-state index >= 15 is 0 Å². The highest BCUT2D eigenvalue weighted by Gasteiger charge is 2.31. The summed E-state index contributed by atoms with van der Waals surface area (Å²) >= 11 is 0. The Morgan fingerprint density at radius 1 is 1.20 bits per heavy atom. The highest BCUT2D eigenvalue weighted by Crippen LogP contribution is 2.32. The summed E-state index contributed by atoms with van der Waals surface area (Å²) in [5, 5.41) is 0. The Kier molecular flexibility index (Phi) is 3.76. The molecule has 2 aromatic rings. The summed E-state index contributed by atoms with van der Waals surface area (Å²) in [7, 11) is 0. The Morgan fingerprint density at radius 2 is 1.90 bits per heavy atom. The zero-order valence-corrected chi connectivity index (χ0v) is 10.6. The number of aryl methyl sites for hydroxylation is 1. The Bertz CT molecular complexity index is 623. The molecule has 2 nitrogen and oxygen atoms in total. The van der Waals surface area contributed by atoms with Crippen LogP contribution in [0.1, 0.15) is 28.4 Å². The third-order valence-corrected chi connectivity index (χ3v) is 3.01. The van der Waals surface area contributed by atoms with Crippen LogP contribution in [0.5, 0.6) is 0 Å². The second kappa shape index (κ2) is 5.20. The largest absolute Gasteiger partial charge is 0.416 e. The monoisotopic (exact) mass is 284 g/mol. The van der Waals surface area contributed by atoms with Crippen molar-refractivity contribution in [3.05, 3.63) is 64.7 Å². The molecule has 0 aliphatic carbocycles. The van der Waals surface area contributed by atoms with Crippen molar-refractivity contribution >= 4 is 0 Å². The van der Waals surface area contributed by atoms with Crippen molar-refractivity contribution in [3.8, 4) is 0 Å². The third-order valence-electron chi connectivity index (χ3n) is 3.01. The maximum Gasteiger partial charge on any atom is 0.416 e. The number of benzene rings is 1. The minimum Gasteiger partial charge on any atom is -0.319 e. The number of pyridine rings is 1. The molecule has 2 N–H and O–H groups in total. The summed E-state index contributed by atoms with van der Waals surface area (Å²) in [5.74, 6) is -0.584. The summed E-state index contributed by atoms with van der Waals surface area (Å²) in [4.78, 5) is 3.84. The lowest BCUT2D eigenvalue weighted by atomic mass is 9.96. The van der Waals surface area contributed by atoms with E-state index < -0.39 is 23.6 Å². The van der Waals surface area contributed by atoms with Crippen LogP contribution in [0.25, 0.3) is 0 Å². The fourth-order valence-corrected chi connectivity index (χ4v) is 1.98. The van der Waals surface area contributed by atoms with Crippen molar-refractivity contribution in [1.82, 2.24) is 4.98 Å². The molecular weight excluding hydrogens is 272 g/mol. The molecule has 106 valence electrons. The molecule has 1 aromatic heterocycles. The van der Waals surface area contributed by atoms with Crippen LogP contribution in [0, 0.1) is 12.7 Å². The van der Waals surface area contributed by atoms with Crippen LogP contribution in [0.15, 0.2) is 36.5 Å². The van der Waals surface area contributed by atoms with Crippen molar-refractivity contribution < 1.29 is 17.6 Å². The summed E-state index contributed by atoms with van der Waals surface area (Å²) in [6.45, 7) is 1.51. The molecule has 20 heavy (non-hydrogen) atoms. The van der Waals surface area contributed by atoms with Gasteiger partial charge in [-0.2, -0.15) is 13.2 Å². The average molecular weight is 284 g/mol. The molecule has 1 atom stereocenters. The maximum absolute atomic E-state index is 13.6. The van der Waals surface area contributed by atoms with E-state index in [0.717, 1.165) is 12.1 Å². The number of aromatic nitrogens is 1. The number of hydrogen-bond donors (Lipinski definition) is 1. The van der Waals surface area contributed by atoms with Gasteiger partial charge >= 0.3 is 6.18 Å². The molecule has 2 rings (SSSR count). The van der Waals surface area contributed by atoms with Gasteiger partial charge in [-0.25, -0.2) is 4.39 Å². The standard InChI is InChI=1S/C14H12F4N2/c1-8-7-9(14(16,17)18)4-5-10(8)12(19)13-11(15)3-2-6-20-13/h2-7,12H,19H2,1H3. The molecule has 0 aliphatic rings. The van der Waals surface area contributed by atoms with Crippen LogP contribution in [0.3, 0.4) is 0 Å². The zero-order chi connectivity index (χ0) is 14.9. The molecule has 0 radical (unpaired) electrons. The van der Waals surface area contributed by atoms with E-state index in [9.17, 15) is 17.6 Å². The topological polar surface area (TPSA) is 38.9 Å². The first-order valence-corrected chi connectivity index (χ1v) is 5.84. The lowest BCUT2D eigenvalue weighted by molar-refractivity contribution is -0.137.